The Morgan fingerprint density at radius 3 is 2.11 bits per heavy atom. The number of amides is 1. The maximum absolute atomic E-state index is 13.6. The van der Waals surface area contributed by atoms with Crippen molar-refractivity contribution >= 4 is 21.6 Å². The molecule has 0 bridgehead atoms. The summed E-state index contributed by atoms with van der Waals surface area (Å²) >= 11 is 0. The Hall–Kier alpha value is -3.39. The van der Waals surface area contributed by atoms with E-state index in [9.17, 15) is 17.6 Å². The predicted molar refractivity (Wildman–Crippen MR) is 135 cm³/mol. The second kappa shape index (κ2) is 11.4. The van der Waals surface area contributed by atoms with E-state index in [4.69, 9.17) is 4.74 Å². The number of aryl methyl sites for hydroxylation is 1. The highest BCUT2D eigenvalue weighted by Gasteiger charge is 2.28. The van der Waals surface area contributed by atoms with E-state index in [1.165, 1.54) is 36.4 Å². The van der Waals surface area contributed by atoms with Crippen LogP contribution in [0.3, 0.4) is 0 Å². The zero-order valence-electron chi connectivity index (χ0n) is 20.4. The molecule has 0 fully saturated rings. The number of ether oxygens (including phenoxy) is 1. The van der Waals surface area contributed by atoms with Gasteiger partial charge in [0.15, 0.2) is 0 Å². The van der Waals surface area contributed by atoms with Crippen molar-refractivity contribution in [1.29, 1.82) is 0 Å². The summed E-state index contributed by atoms with van der Waals surface area (Å²) in [5.74, 6) is 0.0239. The van der Waals surface area contributed by atoms with Crippen molar-refractivity contribution in [3.8, 4) is 5.75 Å². The number of halogens is 1. The number of hydrogen-bond acceptors (Lipinski definition) is 4. The Labute approximate surface area is 206 Å². The number of sulfonamides is 1. The Bertz CT molecular complexity index is 1230. The summed E-state index contributed by atoms with van der Waals surface area (Å²) in [6.45, 7) is 5.51. The van der Waals surface area contributed by atoms with Crippen molar-refractivity contribution in [1.82, 2.24) is 5.32 Å². The first-order valence-electron chi connectivity index (χ1n) is 11.4. The van der Waals surface area contributed by atoms with Gasteiger partial charge in [0.05, 0.1) is 23.7 Å². The molecule has 1 atom stereocenters. The molecule has 3 rings (SSSR count). The van der Waals surface area contributed by atoms with Crippen molar-refractivity contribution in [3.05, 3.63) is 89.7 Å². The summed E-state index contributed by atoms with van der Waals surface area (Å²) in [6.07, 6.45) is 0.666. The molecule has 0 aliphatic rings. The highest BCUT2D eigenvalue weighted by molar-refractivity contribution is 7.92. The molecule has 0 saturated heterocycles. The summed E-state index contributed by atoms with van der Waals surface area (Å²) in [7, 11) is -2.49. The number of rotatable bonds is 10. The highest BCUT2D eigenvalue weighted by atomic mass is 32.2. The predicted octanol–water partition coefficient (Wildman–Crippen LogP) is 5.24. The molecule has 6 nitrogen and oxygen atoms in total. The largest absolute Gasteiger partial charge is 0.497 e. The second-order valence-electron chi connectivity index (χ2n) is 8.82. The van der Waals surface area contributed by atoms with E-state index in [0.29, 0.717) is 12.2 Å². The van der Waals surface area contributed by atoms with Crippen LogP contribution in [-0.2, 0) is 14.8 Å². The van der Waals surface area contributed by atoms with Gasteiger partial charge in [0.25, 0.3) is 10.0 Å². The highest BCUT2D eigenvalue weighted by Crippen LogP contribution is 2.26. The van der Waals surface area contributed by atoms with Gasteiger partial charge in [0.1, 0.15) is 18.1 Å². The topological polar surface area (TPSA) is 75.7 Å². The molecule has 0 aliphatic carbocycles. The average molecular weight is 499 g/mol. The number of carbonyl (C=O) groups excluding carboxylic acids is 1. The lowest BCUT2D eigenvalue weighted by Crippen LogP contribution is -2.42. The number of hydrogen-bond donors (Lipinski definition) is 1. The minimum absolute atomic E-state index is 0.0501. The van der Waals surface area contributed by atoms with Gasteiger partial charge in [-0.3, -0.25) is 9.10 Å². The SMILES string of the molecule is COc1ccc(C(CC(C)C)NC(=O)CN(c2ccc(F)cc2)S(=O)(=O)c2ccc(C)cc2)cc1. The molecule has 0 radical (unpaired) electrons. The van der Waals surface area contributed by atoms with Crippen molar-refractivity contribution in [2.24, 2.45) is 5.92 Å². The molecule has 0 heterocycles. The van der Waals surface area contributed by atoms with Crippen LogP contribution in [0.4, 0.5) is 10.1 Å². The van der Waals surface area contributed by atoms with Gasteiger partial charge in [-0.2, -0.15) is 0 Å². The average Bonchev–Trinajstić information content (AvgIpc) is 2.83. The van der Waals surface area contributed by atoms with Crippen LogP contribution in [0, 0.1) is 18.7 Å². The van der Waals surface area contributed by atoms with Gasteiger partial charge in [0, 0.05) is 0 Å². The smallest absolute Gasteiger partial charge is 0.264 e. The van der Waals surface area contributed by atoms with Crippen LogP contribution in [0.1, 0.15) is 37.4 Å². The Morgan fingerprint density at radius 2 is 1.57 bits per heavy atom. The Kier molecular flexibility index (Phi) is 8.51. The first-order valence-corrected chi connectivity index (χ1v) is 12.8. The fourth-order valence-corrected chi connectivity index (χ4v) is 5.14. The minimum atomic E-state index is -4.08. The Morgan fingerprint density at radius 1 is 0.971 bits per heavy atom. The molecule has 8 heteroatoms. The number of benzene rings is 3. The van der Waals surface area contributed by atoms with Gasteiger partial charge in [-0.1, -0.05) is 43.7 Å². The molecule has 0 spiro atoms. The lowest BCUT2D eigenvalue weighted by Gasteiger charge is -2.26. The fraction of sp³-hybridized carbons (Fsp3) is 0.296. The first kappa shape index (κ1) is 26.2. The zero-order valence-corrected chi connectivity index (χ0v) is 21.2. The first-order chi connectivity index (χ1) is 16.6. The molecule has 1 amide bonds. The molecule has 1 unspecified atom stereocenters. The maximum Gasteiger partial charge on any atom is 0.264 e. The number of nitrogens with zero attached hydrogens (tertiary/aromatic N) is 1. The third kappa shape index (κ3) is 6.82. The van der Waals surface area contributed by atoms with E-state index in [2.05, 4.69) is 19.2 Å². The van der Waals surface area contributed by atoms with Gasteiger partial charge in [-0.05, 0) is 73.4 Å². The van der Waals surface area contributed by atoms with E-state index in [1.54, 1.807) is 19.2 Å². The second-order valence-corrected chi connectivity index (χ2v) is 10.7. The summed E-state index contributed by atoms with van der Waals surface area (Å²) in [6, 6.07) is 18.5. The summed E-state index contributed by atoms with van der Waals surface area (Å²) in [4.78, 5) is 13.2. The van der Waals surface area contributed by atoms with E-state index >= 15 is 0 Å². The van der Waals surface area contributed by atoms with E-state index in [-0.39, 0.29) is 22.5 Å². The summed E-state index contributed by atoms with van der Waals surface area (Å²) in [5.41, 5.74) is 2.00. The third-order valence-corrected chi connectivity index (χ3v) is 7.36. The lowest BCUT2D eigenvalue weighted by molar-refractivity contribution is -0.120. The zero-order chi connectivity index (χ0) is 25.6. The monoisotopic (exact) mass is 498 g/mol. The summed E-state index contributed by atoms with van der Waals surface area (Å²) < 4.78 is 46.8. The maximum atomic E-state index is 13.6. The van der Waals surface area contributed by atoms with E-state index < -0.39 is 28.3 Å². The van der Waals surface area contributed by atoms with Crippen LogP contribution in [0.25, 0.3) is 0 Å². The van der Waals surface area contributed by atoms with Crippen molar-refractivity contribution in [2.75, 3.05) is 18.0 Å². The van der Waals surface area contributed by atoms with Gasteiger partial charge in [-0.25, -0.2) is 12.8 Å². The molecular formula is C27H31FN2O4S. The quantitative estimate of drug-likeness (QED) is 0.415. The van der Waals surface area contributed by atoms with Crippen molar-refractivity contribution < 1.29 is 22.3 Å². The molecular weight excluding hydrogens is 467 g/mol. The van der Waals surface area contributed by atoms with Crippen LogP contribution in [0.15, 0.2) is 77.7 Å². The van der Waals surface area contributed by atoms with E-state index in [1.807, 2.05) is 31.2 Å². The van der Waals surface area contributed by atoms with Gasteiger partial charge >= 0.3 is 0 Å². The molecule has 0 aromatic heterocycles. The van der Waals surface area contributed by atoms with Crippen LogP contribution in [-0.4, -0.2) is 28.0 Å². The van der Waals surface area contributed by atoms with Crippen molar-refractivity contribution in [2.45, 2.75) is 38.1 Å². The molecule has 35 heavy (non-hydrogen) atoms. The van der Waals surface area contributed by atoms with Gasteiger partial charge in [-0.15, -0.1) is 0 Å². The number of methoxy groups -OCH3 is 1. The Balaban J connectivity index is 1.91. The number of anilines is 1. The number of nitrogens with one attached hydrogen (secondary N) is 1. The molecule has 1 N–H and O–H groups in total. The lowest BCUT2D eigenvalue weighted by atomic mass is 9.97. The number of carbonyl (C=O) groups is 1. The normalized spacial score (nSPS) is 12.3. The van der Waals surface area contributed by atoms with Crippen LogP contribution >= 0.6 is 0 Å². The van der Waals surface area contributed by atoms with Crippen LogP contribution < -0.4 is 14.4 Å². The summed E-state index contributed by atoms with van der Waals surface area (Å²) in [5, 5.41) is 2.99. The van der Waals surface area contributed by atoms with Gasteiger partial charge in [0.2, 0.25) is 5.91 Å². The van der Waals surface area contributed by atoms with Crippen LogP contribution in [0.2, 0.25) is 0 Å². The molecule has 186 valence electrons. The minimum Gasteiger partial charge on any atom is -0.497 e. The van der Waals surface area contributed by atoms with Crippen LogP contribution in [0.5, 0.6) is 5.75 Å². The van der Waals surface area contributed by atoms with E-state index in [0.717, 1.165) is 15.4 Å². The molecule has 3 aromatic rings. The molecule has 0 aliphatic heterocycles. The van der Waals surface area contributed by atoms with Gasteiger partial charge < -0.3 is 10.1 Å². The molecule has 0 saturated carbocycles. The fourth-order valence-electron chi connectivity index (χ4n) is 3.72. The van der Waals surface area contributed by atoms with Crippen molar-refractivity contribution in [3.63, 3.8) is 0 Å². The molecule has 3 aromatic carbocycles. The third-order valence-electron chi connectivity index (χ3n) is 5.57. The standard InChI is InChI=1S/C27H31FN2O4S/c1-19(2)17-26(21-7-13-24(34-4)14-8-21)29-27(31)18-30(23-11-9-22(28)10-12-23)35(32,33)25-15-5-20(3)6-16-25/h5-16,19,26H,17-18H2,1-4H3,(H,29,31).